The first-order valence-electron chi connectivity index (χ1n) is 13.4. The highest BCUT2D eigenvalue weighted by molar-refractivity contribution is 8.76. The van der Waals surface area contributed by atoms with E-state index >= 15 is 0 Å². The minimum Gasteiger partial charge on any atom is -0.368 e. The van der Waals surface area contributed by atoms with Crippen molar-refractivity contribution in [3.8, 4) is 0 Å². The highest BCUT2D eigenvalue weighted by Gasteiger charge is 2.55. The molecular formula is C25H39N5O4S2. The normalized spacial score (nSPS) is 41.6. The van der Waals surface area contributed by atoms with Gasteiger partial charge in [-0.05, 0) is 82.6 Å². The van der Waals surface area contributed by atoms with Crippen LogP contribution in [0.1, 0.15) is 58.3 Å². The minimum absolute atomic E-state index is 0.0444. The van der Waals surface area contributed by atoms with Crippen LogP contribution < -0.4 is 21.7 Å². The zero-order chi connectivity index (χ0) is 25.4. The lowest BCUT2D eigenvalue weighted by atomic mass is 9.49. The third-order valence-corrected chi connectivity index (χ3v) is 11.3. The van der Waals surface area contributed by atoms with E-state index in [1.54, 1.807) is 0 Å². The SMILES string of the molecule is C[C@H]1CN2CCC[C@H]2C(=O)N[C@H](C(N)=O)CSSCC(NC(=O)C23CC4CC(CC(C4)C2)C3)C(=O)N1. The van der Waals surface area contributed by atoms with Gasteiger partial charge in [0.15, 0.2) is 0 Å². The van der Waals surface area contributed by atoms with Crippen LogP contribution in [0, 0.1) is 23.2 Å². The minimum atomic E-state index is -0.772. The molecule has 2 saturated heterocycles. The summed E-state index contributed by atoms with van der Waals surface area (Å²) in [6.07, 6.45) is 8.23. The zero-order valence-electron chi connectivity index (χ0n) is 21.0. The lowest BCUT2D eigenvalue weighted by Crippen LogP contribution is -2.59. The number of carbonyl (C=O) groups excluding carboxylic acids is 4. The zero-order valence-corrected chi connectivity index (χ0v) is 22.6. The highest BCUT2D eigenvalue weighted by atomic mass is 33.1. The first kappa shape index (κ1) is 26.2. The van der Waals surface area contributed by atoms with Crippen LogP contribution in [-0.2, 0) is 19.2 Å². The standard InChI is InChI=1S/C25H39N5O4S2/c1-14-11-30-4-2-3-20(30)23(33)28-18(21(26)31)12-35-36-13-19(22(32)27-14)29-24(34)25-8-15-5-16(9-25)7-17(6-15)10-25/h14-20H,2-13H2,1H3,(H2,26,31)(H,27,32)(H,28,33)(H,29,34)/t14-,15?,16?,17?,18-,19?,20-,25?/m0/s1. The molecular weight excluding hydrogens is 498 g/mol. The van der Waals surface area contributed by atoms with Crippen LogP contribution in [0.4, 0.5) is 0 Å². The Bertz CT molecular complexity index is 866. The van der Waals surface area contributed by atoms with Crippen LogP contribution in [-0.4, -0.2) is 77.3 Å². The van der Waals surface area contributed by atoms with Crippen molar-refractivity contribution in [3.05, 3.63) is 0 Å². The second kappa shape index (κ2) is 10.7. The van der Waals surface area contributed by atoms with Crippen LogP contribution in [0.15, 0.2) is 0 Å². The quantitative estimate of drug-likeness (QED) is 0.395. The van der Waals surface area contributed by atoms with E-state index in [9.17, 15) is 19.2 Å². The van der Waals surface area contributed by atoms with Crippen molar-refractivity contribution in [2.24, 2.45) is 28.9 Å². The lowest BCUT2D eigenvalue weighted by Gasteiger charge is -2.55. The van der Waals surface area contributed by atoms with E-state index in [-0.39, 0.29) is 35.2 Å². The molecule has 4 amide bonds. The number of amides is 4. The van der Waals surface area contributed by atoms with Crippen molar-refractivity contribution in [2.45, 2.75) is 82.5 Å². The maximum Gasteiger partial charge on any atom is 0.243 e. The van der Waals surface area contributed by atoms with Crippen molar-refractivity contribution in [2.75, 3.05) is 24.6 Å². The fraction of sp³-hybridized carbons (Fsp3) is 0.840. The van der Waals surface area contributed by atoms with Crippen molar-refractivity contribution in [3.63, 3.8) is 0 Å². The average Bonchev–Trinajstić information content (AvgIpc) is 3.26. The van der Waals surface area contributed by atoms with E-state index in [1.165, 1.54) is 40.9 Å². The van der Waals surface area contributed by atoms with Gasteiger partial charge in [0.25, 0.3) is 0 Å². The van der Waals surface area contributed by atoms with E-state index in [0.29, 0.717) is 42.2 Å². The number of nitrogens with two attached hydrogens (primary N) is 1. The summed E-state index contributed by atoms with van der Waals surface area (Å²) in [6, 6.07) is -1.94. The van der Waals surface area contributed by atoms with Gasteiger partial charge in [-0.2, -0.15) is 0 Å². The molecule has 36 heavy (non-hydrogen) atoms. The highest BCUT2D eigenvalue weighted by Crippen LogP contribution is 2.60. The van der Waals surface area contributed by atoms with Gasteiger partial charge in [-0.1, -0.05) is 21.6 Å². The predicted molar refractivity (Wildman–Crippen MR) is 141 cm³/mol. The molecule has 0 aromatic heterocycles. The molecule has 5 N–H and O–H groups in total. The summed E-state index contributed by atoms with van der Waals surface area (Å²) in [5.74, 6) is 1.76. The number of nitrogens with zero attached hydrogens (tertiary/aromatic N) is 1. The molecule has 0 radical (unpaired) electrons. The molecule has 0 aromatic rings. The Kier molecular flexibility index (Phi) is 7.79. The van der Waals surface area contributed by atoms with Gasteiger partial charge in [-0.15, -0.1) is 0 Å². The summed E-state index contributed by atoms with van der Waals surface area (Å²) in [7, 11) is 2.82. The molecule has 2 heterocycles. The maximum absolute atomic E-state index is 13.7. The van der Waals surface area contributed by atoms with Gasteiger partial charge < -0.3 is 21.7 Å². The molecule has 11 heteroatoms. The molecule has 2 aliphatic heterocycles. The number of hydrogen-bond acceptors (Lipinski definition) is 7. The number of nitrogens with one attached hydrogen (secondary N) is 3. The topological polar surface area (TPSA) is 134 Å². The second-order valence-electron chi connectivity index (χ2n) is 11.8. The van der Waals surface area contributed by atoms with Crippen molar-refractivity contribution in [1.82, 2.24) is 20.9 Å². The first-order chi connectivity index (χ1) is 17.2. The Hall–Kier alpha value is -1.46. The Balaban J connectivity index is 1.29. The molecule has 4 bridgehead atoms. The Morgan fingerprint density at radius 2 is 1.64 bits per heavy atom. The van der Waals surface area contributed by atoms with Crippen LogP contribution in [0.2, 0.25) is 0 Å². The largest absolute Gasteiger partial charge is 0.368 e. The van der Waals surface area contributed by atoms with Crippen molar-refractivity contribution in [1.29, 1.82) is 0 Å². The summed E-state index contributed by atoms with van der Waals surface area (Å²) in [5, 5.41) is 9.08. The average molecular weight is 538 g/mol. The molecule has 9 nitrogen and oxygen atoms in total. The van der Waals surface area contributed by atoms with Crippen molar-refractivity contribution >= 4 is 45.2 Å². The molecule has 4 aliphatic carbocycles. The second-order valence-corrected chi connectivity index (χ2v) is 14.4. The van der Waals surface area contributed by atoms with Crippen LogP contribution >= 0.6 is 21.6 Å². The van der Waals surface area contributed by atoms with Crippen LogP contribution in [0.5, 0.6) is 0 Å². The number of primary amides is 1. The van der Waals surface area contributed by atoms with Gasteiger partial charge in [0.1, 0.15) is 12.1 Å². The van der Waals surface area contributed by atoms with Crippen LogP contribution in [0.25, 0.3) is 0 Å². The monoisotopic (exact) mass is 537 g/mol. The number of fused-ring (bicyclic) bond motifs is 1. The molecule has 1 unspecified atom stereocenters. The van der Waals surface area contributed by atoms with Gasteiger partial charge in [-0.25, -0.2) is 0 Å². The Labute approximate surface area is 221 Å². The fourth-order valence-electron chi connectivity index (χ4n) is 7.66. The molecule has 0 aromatic carbocycles. The molecule has 4 atom stereocenters. The number of carbonyl (C=O) groups is 4. The Morgan fingerprint density at radius 1 is 1.00 bits per heavy atom. The molecule has 6 aliphatic rings. The van der Waals surface area contributed by atoms with Gasteiger partial charge in [-0.3, -0.25) is 24.1 Å². The number of rotatable bonds is 3. The molecule has 200 valence electrons. The predicted octanol–water partition coefficient (Wildman–Crippen LogP) is 1.02. The van der Waals surface area contributed by atoms with E-state index in [0.717, 1.165) is 32.2 Å². The summed E-state index contributed by atoms with van der Waals surface area (Å²) < 4.78 is 0. The summed E-state index contributed by atoms with van der Waals surface area (Å²) in [6.45, 7) is 3.22. The Morgan fingerprint density at radius 3 is 2.28 bits per heavy atom. The van der Waals surface area contributed by atoms with E-state index < -0.39 is 18.0 Å². The van der Waals surface area contributed by atoms with E-state index in [4.69, 9.17) is 5.73 Å². The fourth-order valence-corrected chi connectivity index (χ4v) is 10.0. The van der Waals surface area contributed by atoms with Gasteiger partial charge in [0, 0.05) is 29.5 Å². The first-order valence-corrected chi connectivity index (χ1v) is 15.9. The van der Waals surface area contributed by atoms with E-state index in [1.807, 2.05) is 6.92 Å². The smallest absolute Gasteiger partial charge is 0.243 e. The third-order valence-electron chi connectivity index (χ3n) is 8.92. The lowest BCUT2D eigenvalue weighted by molar-refractivity contribution is -0.148. The summed E-state index contributed by atoms with van der Waals surface area (Å²) in [4.78, 5) is 54.0. The van der Waals surface area contributed by atoms with Gasteiger partial charge in [0.2, 0.25) is 23.6 Å². The van der Waals surface area contributed by atoms with Crippen molar-refractivity contribution < 1.29 is 19.2 Å². The molecule has 0 spiro atoms. The van der Waals surface area contributed by atoms with Gasteiger partial charge >= 0.3 is 0 Å². The van der Waals surface area contributed by atoms with Gasteiger partial charge in [0.05, 0.1) is 6.04 Å². The molecule has 6 fully saturated rings. The summed E-state index contributed by atoms with van der Waals surface area (Å²) in [5.41, 5.74) is 5.26. The third kappa shape index (κ3) is 5.53. The van der Waals surface area contributed by atoms with E-state index in [2.05, 4.69) is 20.9 Å². The maximum atomic E-state index is 13.7. The number of hydrogen-bond donors (Lipinski definition) is 4. The summed E-state index contributed by atoms with van der Waals surface area (Å²) >= 11 is 0. The molecule has 6 rings (SSSR count). The molecule has 4 saturated carbocycles. The van der Waals surface area contributed by atoms with Crippen LogP contribution in [0.3, 0.4) is 0 Å².